The number of ether oxygens (including phenoxy) is 1. The van der Waals surface area contributed by atoms with Crippen molar-refractivity contribution >= 4 is 35.3 Å². The van der Waals surface area contributed by atoms with E-state index in [1.54, 1.807) is 12.1 Å². The van der Waals surface area contributed by atoms with E-state index in [1.807, 2.05) is 6.07 Å². The maximum absolute atomic E-state index is 12.8. The summed E-state index contributed by atoms with van der Waals surface area (Å²) < 4.78 is 5.43. The number of nitrogens with one attached hydrogen (secondary N) is 3. The third-order valence-electron chi connectivity index (χ3n) is 5.28. The number of hydrogen-bond acceptors (Lipinski definition) is 7. The predicted octanol–water partition coefficient (Wildman–Crippen LogP) is -0.143. The molecule has 172 valence electrons. The average Bonchev–Trinajstić information content (AvgIpc) is 3.07. The number of carboxylic acids is 1. The molecule has 1 aromatic rings. The van der Waals surface area contributed by atoms with Gasteiger partial charge in [0, 0.05) is 49.3 Å². The molecule has 4 N–H and O–H groups in total. The molecule has 0 aliphatic carbocycles. The van der Waals surface area contributed by atoms with Crippen molar-refractivity contribution in [3.05, 3.63) is 29.3 Å². The molecule has 2 heterocycles. The van der Waals surface area contributed by atoms with Crippen molar-refractivity contribution < 1.29 is 33.8 Å². The number of amides is 4. The summed E-state index contributed by atoms with van der Waals surface area (Å²) in [6.07, 6.45) is 0.526. The van der Waals surface area contributed by atoms with Gasteiger partial charge in [0.15, 0.2) is 0 Å². The van der Waals surface area contributed by atoms with E-state index in [0.29, 0.717) is 25.1 Å². The summed E-state index contributed by atoms with van der Waals surface area (Å²) in [5, 5.41) is 16.5. The zero-order chi connectivity index (χ0) is 23.1. The third kappa shape index (κ3) is 5.82. The highest BCUT2D eigenvalue weighted by molar-refractivity contribution is 6.06. The molecule has 1 unspecified atom stereocenters. The van der Waals surface area contributed by atoms with Crippen LogP contribution in [0.4, 0.5) is 5.69 Å². The Hall–Kier alpha value is -3.47. The second kappa shape index (κ2) is 10.7. The molecule has 11 heteroatoms. The minimum absolute atomic E-state index is 0.0867. The lowest BCUT2D eigenvalue weighted by Gasteiger charge is -2.29. The van der Waals surface area contributed by atoms with Gasteiger partial charge in [0.1, 0.15) is 6.04 Å². The minimum Gasteiger partial charge on any atom is -0.481 e. The van der Waals surface area contributed by atoms with Crippen molar-refractivity contribution in [3.63, 3.8) is 0 Å². The van der Waals surface area contributed by atoms with Crippen LogP contribution >= 0.6 is 0 Å². The molecule has 1 saturated heterocycles. The van der Waals surface area contributed by atoms with E-state index < -0.39 is 17.9 Å². The number of carboxylic acid groups (broad SMARTS) is 1. The van der Waals surface area contributed by atoms with Crippen LogP contribution in [0.25, 0.3) is 0 Å². The topological polar surface area (TPSA) is 154 Å². The fourth-order valence-corrected chi connectivity index (χ4v) is 3.67. The van der Waals surface area contributed by atoms with Crippen molar-refractivity contribution in [2.75, 3.05) is 31.6 Å². The fraction of sp³-hybridized carbons (Fsp3) is 0.476. The van der Waals surface area contributed by atoms with Crippen molar-refractivity contribution in [2.45, 2.75) is 38.3 Å². The number of fused-ring (bicyclic) bond motifs is 1. The SMILES string of the molecule is O=C(O)CCNC(=O)CCOCCNc1cccc2c1CN(C1CCC(=O)NC1=O)C2=O. The maximum Gasteiger partial charge on any atom is 0.305 e. The Morgan fingerprint density at radius 2 is 1.97 bits per heavy atom. The summed E-state index contributed by atoms with van der Waals surface area (Å²) >= 11 is 0. The number of benzene rings is 1. The summed E-state index contributed by atoms with van der Waals surface area (Å²) in [6, 6.07) is 4.66. The lowest BCUT2D eigenvalue weighted by molar-refractivity contribution is -0.138. The van der Waals surface area contributed by atoms with Crippen LogP contribution in [0.5, 0.6) is 0 Å². The first kappa shape index (κ1) is 23.2. The van der Waals surface area contributed by atoms with E-state index in [-0.39, 0.29) is 56.7 Å². The Morgan fingerprint density at radius 1 is 1.16 bits per heavy atom. The molecular formula is C21H26N4O7. The van der Waals surface area contributed by atoms with Crippen LogP contribution in [0.1, 0.15) is 41.6 Å². The molecule has 1 aromatic carbocycles. The molecule has 1 fully saturated rings. The Bertz CT molecular complexity index is 917. The Morgan fingerprint density at radius 3 is 2.72 bits per heavy atom. The standard InChI is InChI=1S/C21H26N4O7/c26-17(23-8-6-19(28)29)7-10-32-11-9-22-15-3-1-2-13-14(15)12-25(21(13)31)16-4-5-18(27)24-20(16)30/h1-3,16,22H,4-12H2,(H,23,26)(H,28,29)(H,24,27,30). The van der Waals surface area contributed by atoms with Gasteiger partial charge in [-0.1, -0.05) is 6.07 Å². The van der Waals surface area contributed by atoms with Crippen LogP contribution in [0.15, 0.2) is 18.2 Å². The smallest absolute Gasteiger partial charge is 0.305 e. The lowest BCUT2D eigenvalue weighted by Crippen LogP contribution is -2.52. The summed E-state index contributed by atoms with van der Waals surface area (Å²) in [5.41, 5.74) is 2.08. The van der Waals surface area contributed by atoms with Crippen LogP contribution in [0.3, 0.4) is 0 Å². The van der Waals surface area contributed by atoms with Gasteiger partial charge in [-0.2, -0.15) is 0 Å². The molecule has 3 rings (SSSR count). The second-order valence-electron chi connectivity index (χ2n) is 7.51. The second-order valence-corrected chi connectivity index (χ2v) is 7.51. The van der Waals surface area contributed by atoms with Crippen LogP contribution in [-0.4, -0.2) is 71.9 Å². The fourth-order valence-electron chi connectivity index (χ4n) is 3.67. The number of carbonyl (C=O) groups excluding carboxylic acids is 4. The van der Waals surface area contributed by atoms with Gasteiger partial charge in [0.05, 0.1) is 19.6 Å². The molecule has 11 nitrogen and oxygen atoms in total. The molecule has 0 spiro atoms. The normalized spacial score (nSPS) is 17.7. The summed E-state index contributed by atoms with van der Waals surface area (Å²) in [7, 11) is 0. The van der Waals surface area contributed by atoms with Crippen molar-refractivity contribution in [1.29, 1.82) is 0 Å². The first-order chi connectivity index (χ1) is 15.4. The lowest BCUT2D eigenvalue weighted by atomic mass is 10.0. The number of anilines is 1. The highest BCUT2D eigenvalue weighted by atomic mass is 16.5. The maximum atomic E-state index is 12.8. The van der Waals surface area contributed by atoms with E-state index in [4.69, 9.17) is 9.84 Å². The molecule has 2 aliphatic rings. The number of piperidine rings is 1. The summed E-state index contributed by atoms with van der Waals surface area (Å²) in [4.78, 5) is 59.8. The first-order valence-corrected chi connectivity index (χ1v) is 10.4. The number of imide groups is 1. The molecule has 0 bridgehead atoms. The summed E-state index contributed by atoms with van der Waals surface area (Å²) in [6.45, 7) is 1.35. The number of rotatable bonds is 11. The molecule has 4 amide bonds. The van der Waals surface area contributed by atoms with Gasteiger partial charge in [0.2, 0.25) is 17.7 Å². The molecule has 32 heavy (non-hydrogen) atoms. The largest absolute Gasteiger partial charge is 0.481 e. The molecule has 2 aliphatic heterocycles. The molecule has 0 aromatic heterocycles. The Kier molecular flexibility index (Phi) is 7.77. The van der Waals surface area contributed by atoms with E-state index in [9.17, 15) is 24.0 Å². The van der Waals surface area contributed by atoms with Crippen molar-refractivity contribution in [3.8, 4) is 0 Å². The number of hydrogen-bond donors (Lipinski definition) is 4. The highest BCUT2D eigenvalue weighted by Crippen LogP contribution is 2.32. The molecule has 0 saturated carbocycles. The van der Waals surface area contributed by atoms with Gasteiger partial charge in [-0.15, -0.1) is 0 Å². The van der Waals surface area contributed by atoms with Gasteiger partial charge >= 0.3 is 5.97 Å². The quantitative estimate of drug-likeness (QED) is 0.270. The predicted molar refractivity (Wildman–Crippen MR) is 112 cm³/mol. The summed E-state index contributed by atoms with van der Waals surface area (Å²) in [5.74, 6) is -2.25. The molecular weight excluding hydrogens is 420 g/mol. The highest BCUT2D eigenvalue weighted by Gasteiger charge is 2.39. The Balaban J connectivity index is 1.44. The van der Waals surface area contributed by atoms with Gasteiger partial charge in [-0.25, -0.2) is 0 Å². The molecule has 0 radical (unpaired) electrons. The Labute approximate surface area is 184 Å². The van der Waals surface area contributed by atoms with Crippen LogP contribution in [0.2, 0.25) is 0 Å². The first-order valence-electron chi connectivity index (χ1n) is 10.4. The zero-order valence-corrected chi connectivity index (χ0v) is 17.5. The van der Waals surface area contributed by atoms with E-state index in [1.165, 1.54) is 4.90 Å². The molecule has 1 atom stereocenters. The average molecular weight is 446 g/mol. The number of nitrogens with zero attached hydrogens (tertiary/aromatic N) is 1. The minimum atomic E-state index is -0.970. The van der Waals surface area contributed by atoms with Gasteiger partial charge in [-0.3, -0.25) is 29.3 Å². The van der Waals surface area contributed by atoms with E-state index in [0.717, 1.165) is 11.3 Å². The van der Waals surface area contributed by atoms with Crippen LogP contribution < -0.4 is 16.0 Å². The van der Waals surface area contributed by atoms with Crippen LogP contribution in [0, 0.1) is 0 Å². The van der Waals surface area contributed by atoms with Crippen molar-refractivity contribution in [1.82, 2.24) is 15.5 Å². The van der Waals surface area contributed by atoms with Gasteiger partial charge in [-0.05, 0) is 18.6 Å². The van der Waals surface area contributed by atoms with E-state index >= 15 is 0 Å². The van der Waals surface area contributed by atoms with E-state index in [2.05, 4.69) is 16.0 Å². The monoisotopic (exact) mass is 446 g/mol. The number of carbonyl (C=O) groups is 5. The van der Waals surface area contributed by atoms with Crippen LogP contribution in [-0.2, 0) is 30.5 Å². The van der Waals surface area contributed by atoms with Crippen molar-refractivity contribution in [2.24, 2.45) is 0 Å². The number of aliphatic carboxylic acids is 1. The third-order valence-corrected chi connectivity index (χ3v) is 5.28. The van der Waals surface area contributed by atoms with Gasteiger partial charge in [0.25, 0.3) is 5.91 Å². The van der Waals surface area contributed by atoms with Gasteiger partial charge < -0.3 is 25.4 Å². The zero-order valence-electron chi connectivity index (χ0n) is 17.5.